The fourth-order valence-electron chi connectivity index (χ4n) is 0.951. The van der Waals surface area contributed by atoms with E-state index in [-0.39, 0.29) is 24.6 Å². The van der Waals surface area contributed by atoms with Crippen LogP contribution in [0.1, 0.15) is 0 Å². The molecule has 0 aliphatic carbocycles. The van der Waals surface area contributed by atoms with Crippen LogP contribution in [0.25, 0.3) is 0 Å². The molecule has 0 radical (unpaired) electrons. The minimum absolute atomic E-state index is 0. The van der Waals surface area contributed by atoms with E-state index in [1.807, 2.05) is 30.3 Å². The first-order valence-corrected chi connectivity index (χ1v) is 6.08. The molecule has 0 unspecified atom stereocenters. The fourth-order valence-corrected chi connectivity index (χ4v) is 1.16. The predicted octanol–water partition coefficient (Wildman–Crippen LogP) is 1.09. The van der Waals surface area contributed by atoms with E-state index < -0.39 is 0 Å². The van der Waals surface area contributed by atoms with Crippen molar-refractivity contribution in [1.29, 1.82) is 0 Å². The summed E-state index contributed by atoms with van der Waals surface area (Å²) in [6.45, 7) is 0. The molecule has 1 rings (SSSR count). The maximum Gasteiger partial charge on any atom is 2.00 e. The Balaban J connectivity index is 0.00000361. The van der Waals surface area contributed by atoms with Crippen LogP contribution in [0.4, 0.5) is 5.69 Å². The van der Waals surface area contributed by atoms with Gasteiger partial charge in [-0.15, -0.1) is 0 Å². The Hall–Kier alpha value is -1.44. The van der Waals surface area contributed by atoms with E-state index in [9.17, 15) is 0 Å². The molecule has 0 heterocycles. The van der Waals surface area contributed by atoms with Crippen LogP contribution in [0.5, 0.6) is 0 Å². The molecule has 0 bridgehead atoms. The van der Waals surface area contributed by atoms with Crippen molar-refractivity contribution in [3.05, 3.63) is 30.3 Å². The van der Waals surface area contributed by atoms with Crippen molar-refractivity contribution in [2.45, 2.75) is 0 Å². The summed E-state index contributed by atoms with van der Waals surface area (Å²) in [6, 6.07) is 9.47. The van der Waals surface area contributed by atoms with Gasteiger partial charge in [0.2, 0.25) is 0 Å². The number of nitrogens with zero attached hydrogens (tertiary/aromatic N) is 4. The number of anilines is 1. The monoisotopic (exact) mass is 356 g/mol. The molecule has 0 atom stereocenters. The Labute approximate surface area is 141 Å². The van der Waals surface area contributed by atoms with Crippen molar-refractivity contribution in [2.24, 2.45) is 20.4 Å². The van der Waals surface area contributed by atoms with Gasteiger partial charge in [0.15, 0.2) is 0 Å². The Morgan fingerprint density at radius 2 is 1.55 bits per heavy atom. The number of hydrogen-bond donors (Lipinski definition) is 2. The zero-order valence-electron chi connectivity index (χ0n) is 10.9. The molecule has 9 heteroatoms. The fraction of sp³-hybridized carbons (Fsp3) is 0.0909. The Kier molecular flexibility index (Phi) is 10.6. The summed E-state index contributed by atoms with van der Waals surface area (Å²) in [5.74, 6) is 0. The number of rotatable bonds is 4. The van der Waals surface area contributed by atoms with Crippen molar-refractivity contribution in [1.82, 2.24) is 5.32 Å². The molecular weight excluding hydrogens is 346 g/mol. The average molecular weight is 358 g/mol. The molecular formula is C11H12N6S2Zn. The van der Waals surface area contributed by atoms with Gasteiger partial charge in [-0.05, 0) is 17.3 Å². The topological polar surface area (TPSA) is 73.5 Å². The largest absolute Gasteiger partial charge is 2.00 e. The second kappa shape index (κ2) is 11.4. The zero-order valence-corrected chi connectivity index (χ0v) is 15.5. The molecule has 0 aromatic heterocycles. The van der Waals surface area contributed by atoms with Crippen LogP contribution in [0.15, 0.2) is 50.7 Å². The van der Waals surface area contributed by atoms with Gasteiger partial charge in [-0.25, -0.2) is 0 Å². The third-order valence-electron chi connectivity index (χ3n) is 1.74. The molecule has 0 aliphatic rings. The van der Waals surface area contributed by atoms with Gasteiger partial charge in [0.05, 0.1) is 12.4 Å². The van der Waals surface area contributed by atoms with Crippen LogP contribution in [0.2, 0.25) is 0 Å². The van der Waals surface area contributed by atoms with Gasteiger partial charge in [-0.1, -0.05) is 18.2 Å². The first-order chi connectivity index (χ1) is 9.22. The molecule has 100 valence electrons. The first kappa shape index (κ1) is 18.6. The minimum Gasteiger partial charge on any atom is -0.741 e. The van der Waals surface area contributed by atoms with Gasteiger partial charge in [0.25, 0.3) is 0 Å². The van der Waals surface area contributed by atoms with Gasteiger partial charge in [-0.3, -0.25) is 0 Å². The van der Waals surface area contributed by atoms with Gasteiger partial charge in [0.1, 0.15) is 0 Å². The molecule has 0 amide bonds. The summed E-state index contributed by atoms with van der Waals surface area (Å²) in [5.41, 5.74) is 0.856. The van der Waals surface area contributed by atoms with Gasteiger partial charge in [0, 0.05) is 17.9 Å². The second-order valence-corrected chi connectivity index (χ2v) is 3.85. The van der Waals surface area contributed by atoms with Crippen LogP contribution in [-0.4, -0.2) is 29.8 Å². The van der Waals surface area contributed by atoms with E-state index in [2.05, 4.69) is 31.0 Å². The third kappa shape index (κ3) is 8.63. The van der Waals surface area contributed by atoms with E-state index in [0.29, 0.717) is 5.17 Å². The maximum absolute atomic E-state index is 4.98. The van der Waals surface area contributed by atoms with Crippen molar-refractivity contribution < 1.29 is 19.5 Å². The minimum atomic E-state index is 0. The third-order valence-corrected chi connectivity index (χ3v) is 2.21. The summed E-state index contributed by atoms with van der Waals surface area (Å²) >= 11 is 9.74. The number of benzene rings is 1. The summed E-state index contributed by atoms with van der Waals surface area (Å²) in [4.78, 5) is 0. The van der Waals surface area contributed by atoms with E-state index in [0.717, 1.165) is 5.69 Å². The first-order valence-electron chi connectivity index (χ1n) is 5.27. The van der Waals surface area contributed by atoms with Crippen molar-refractivity contribution in [3.8, 4) is 0 Å². The summed E-state index contributed by atoms with van der Waals surface area (Å²) in [5, 5.41) is 20.9. The van der Waals surface area contributed by atoms with Crippen molar-refractivity contribution in [3.63, 3.8) is 0 Å². The number of amidine groups is 2. The van der Waals surface area contributed by atoms with E-state index >= 15 is 0 Å². The Bertz CT molecular complexity index is 501. The molecule has 6 nitrogen and oxygen atoms in total. The van der Waals surface area contributed by atoms with Crippen molar-refractivity contribution >= 4 is 53.7 Å². The molecule has 1 aromatic rings. The van der Waals surface area contributed by atoms with E-state index in [1.165, 1.54) is 12.4 Å². The predicted molar refractivity (Wildman–Crippen MR) is 85.7 cm³/mol. The molecule has 0 spiro atoms. The Morgan fingerprint density at radius 1 is 1.00 bits per heavy atom. The smallest absolute Gasteiger partial charge is 0.741 e. The van der Waals surface area contributed by atoms with Crippen LogP contribution in [0, 0.1) is 0 Å². The molecule has 0 saturated heterocycles. The molecule has 1 aromatic carbocycles. The zero-order chi connectivity index (χ0) is 13.9. The summed E-state index contributed by atoms with van der Waals surface area (Å²) in [7, 11) is 1.67. The summed E-state index contributed by atoms with van der Waals surface area (Å²) < 4.78 is 0. The van der Waals surface area contributed by atoms with Crippen LogP contribution in [0.3, 0.4) is 0 Å². The van der Waals surface area contributed by atoms with E-state index in [4.69, 9.17) is 25.3 Å². The van der Waals surface area contributed by atoms with E-state index in [1.54, 1.807) is 7.05 Å². The molecule has 2 N–H and O–H groups in total. The molecule has 0 aliphatic heterocycles. The quantitative estimate of drug-likeness (QED) is 0.278. The summed E-state index contributed by atoms with van der Waals surface area (Å²) in [6.07, 6.45) is 2.72. The molecule has 0 saturated carbocycles. The number of nitrogens with one attached hydrogen (secondary N) is 2. The molecule has 20 heavy (non-hydrogen) atoms. The standard InChI is InChI=1S/C11H14N6S2.Zn/c1-12-10(18)16-13-7-8-14-17-11(19)15-9-5-3-2-4-6-9;/h2-8H,1H3,(H2,12,16,18)(H2,15,17,19);/q;+2/p-2. The Morgan fingerprint density at radius 3 is 2.10 bits per heavy atom. The number of hydrogen-bond acceptors (Lipinski definition) is 6. The van der Waals surface area contributed by atoms with Gasteiger partial charge >= 0.3 is 19.5 Å². The number of para-hydroxylation sites is 1. The van der Waals surface area contributed by atoms with Gasteiger partial charge in [-0.2, -0.15) is 20.4 Å². The van der Waals surface area contributed by atoms with Crippen LogP contribution >= 0.6 is 0 Å². The molecule has 0 fully saturated rings. The average Bonchev–Trinajstić information content (AvgIpc) is 2.43. The SMILES string of the molecule is CNC([S-])=NN=CC=NN=C([S-])Nc1ccccc1.[Zn+2]. The van der Waals surface area contributed by atoms with Crippen molar-refractivity contribution in [2.75, 3.05) is 12.4 Å². The van der Waals surface area contributed by atoms with Crippen LogP contribution < -0.4 is 10.6 Å². The van der Waals surface area contributed by atoms with Gasteiger partial charge < -0.3 is 35.9 Å². The normalized spacial score (nSPS) is 12.4. The second-order valence-electron chi connectivity index (χ2n) is 3.08. The maximum atomic E-state index is 4.98. The van der Waals surface area contributed by atoms with Crippen LogP contribution in [-0.2, 0) is 44.7 Å².